The quantitative estimate of drug-likeness (QED) is 0.311. The summed E-state index contributed by atoms with van der Waals surface area (Å²) in [7, 11) is 3.79. The number of nitrogens with one attached hydrogen (secondary N) is 1. The number of guanidine groups is 1. The largest absolute Gasteiger partial charge is 0.492 e. The number of aromatic nitrogens is 1. The van der Waals surface area contributed by atoms with Crippen LogP contribution in [0.15, 0.2) is 34.6 Å². The Kier molecular flexibility index (Phi) is 9.05. The summed E-state index contributed by atoms with van der Waals surface area (Å²) in [4.78, 5) is 10.8. The number of aryl methyl sites for hydroxylation is 2. The molecule has 0 unspecified atom stereocenters. The molecule has 132 valence electrons. The third kappa shape index (κ3) is 6.64. The first-order valence-corrected chi connectivity index (χ1v) is 8.48. The number of ether oxygens (including phenoxy) is 1. The molecule has 2 rings (SSSR count). The van der Waals surface area contributed by atoms with E-state index in [4.69, 9.17) is 4.74 Å². The summed E-state index contributed by atoms with van der Waals surface area (Å²) >= 11 is 1.67. The molecular weight excluding hydrogens is 435 g/mol. The second-order valence-corrected chi connectivity index (χ2v) is 6.42. The van der Waals surface area contributed by atoms with Gasteiger partial charge in [0, 0.05) is 19.5 Å². The zero-order chi connectivity index (χ0) is 16.7. The van der Waals surface area contributed by atoms with E-state index in [0.29, 0.717) is 13.2 Å². The molecule has 0 aliphatic carbocycles. The smallest absolute Gasteiger partial charge is 0.193 e. The Hall–Kier alpha value is -1.35. The van der Waals surface area contributed by atoms with Crippen LogP contribution in [0.3, 0.4) is 0 Å². The number of hydrogen-bond donors (Lipinski definition) is 1. The summed E-state index contributed by atoms with van der Waals surface area (Å²) in [5.74, 6) is 1.73. The number of nitrogens with zero attached hydrogens (tertiary/aromatic N) is 3. The van der Waals surface area contributed by atoms with Crippen molar-refractivity contribution in [2.75, 3.05) is 27.2 Å². The molecule has 7 heteroatoms. The predicted molar refractivity (Wildman–Crippen MR) is 112 cm³/mol. The molecule has 0 spiro atoms. The highest BCUT2D eigenvalue weighted by molar-refractivity contribution is 14.0. The molecule has 0 radical (unpaired) electrons. The normalized spacial score (nSPS) is 10.9. The molecule has 0 saturated heterocycles. The molecule has 0 aliphatic heterocycles. The fourth-order valence-corrected chi connectivity index (χ4v) is 2.82. The lowest BCUT2D eigenvalue weighted by Crippen LogP contribution is -2.40. The third-order valence-corrected chi connectivity index (χ3v) is 4.10. The lowest BCUT2D eigenvalue weighted by Gasteiger charge is -2.21. The number of aliphatic imine (C=N–C) groups is 1. The second kappa shape index (κ2) is 10.5. The van der Waals surface area contributed by atoms with Crippen molar-refractivity contribution in [1.82, 2.24) is 15.2 Å². The van der Waals surface area contributed by atoms with Crippen molar-refractivity contribution in [2.24, 2.45) is 4.99 Å². The Bertz CT molecular complexity index is 660. The van der Waals surface area contributed by atoms with Gasteiger partial charge in [-0.3, -0.25) is 4.99 Å². The van der Waals surface area contributed by atoms with Crippen LogP contribution in [0.4, 0.5) is 0 Å². The van der Waals surface area contributed by atoms with Crippen molar-refractivity contribution in [3.63, 3.8) is 0 Å². The van der Waals surface area contributed by atoms with Gasteiger partial charge in [0.1, 0.15) is 12.4 Å². The first kappa shape index (κ1) is 20.7. The fraction of sp³-hybridized carbons (Fsp3) is 0.412. The van der Waals surface area contributed by atoms with Crippen molar-refractivity contribution in [1.29, 1.82) is 0 Å². The molecule has 0 saturated carbocycles. The highest BCUT2D eigenvalue weighted by Crippen LogP contribution is 2.12. The van der Waals surface area contributed by atoms with Crippen LogP contribution in [0.25, 0.3) is 0 Å². The SMILES string of the molecule is CN=C(NCCOc1cccc(C)c1)N(C)Cc1csc(C)n1.I. The molecule has 0 aliphatic rings. The molecule has 1 N–H and O–H groups in total. The summed E-state index contributed by atoms with van der Waals surface area (Å²) in [6.07, 6.45) is 0. The van der Waals surface area contributed by atoms with Crippen LogP contribution in [0.5, 0.6) is 5.75 Å². The molecule has 0 atom stereocenters. The molecular formula is C17H25IN4OS. The second-order valence-electron chi connectivity index (χ2n) is 5.35. The third-order valence-electron chi connectivity index (χ3n) is 3.28. The average Bonchev–Trinajstić information content (AvgIpc) is 2.92. The minimum atomic E-state index is 0. The molecule has 0 fully saturated rings. The predicted octanol–water partition coefficient (Wildman–Crippen LogP) is 3.46. The van der Waals surface area contributed by atoms with Gasteiger partial charge in [-0.1, -0.05) is 12.1 Å². The van der Waals surface area contributed by atoms with E-state index in [1.807, 2.05) is 32.2 Å². The minimum Gasteiger partial charge on any atom is -0.492 e. The molecule has 0 bridgehead atoms. The Balaban J connectivity index is 0.00000288. The molecule has 1 aromatic carbocycles. The van der Waals surface area contributed by atoms with Gasteiger partial charge in [-0.15, -0.1) is 35.3 Å². The number of thiazole rings is 1. The summed E-state index contributed by atoms with van der Waals surface area (Å²) in [6.45, 7) is 6.10. The van der Waals surface area contributed by atoms with Crippen LogP contribution >= 0.6 is 35.3 Å². The monoisotopic (exact) mass is 460 g/mol. The van der Waals surface area contributed by atoms with Gasteiger partial charge in [0.2, 0.25) is 0 Å². The van der Waals surface area contributed by atoms with Crippen LogP contribution in [0.1, 0.15) is 16.3 Å². The van der Waals surface area contributed by atoms with Gasteiger partial charge >= 0.3 is 0 Å². The van der Waals surface area contributed by atoms with E-state index in [0.717, 1.165) is 29.0 Å². The Labute approximate surface area is 165 Å². The highest BCUT2D eigenvalue weighted by Gasteiger charge is 2.08. The topological polar surface area (TPSA) is 49.8 Å². The molecule has 5 nitrogen and oxygen atoms in total. The van der Waals surface area contributed by atoms with E-state index in [1.54, 1.807) is 18.4 Å². The van der Waals surface area contributed by atoms with Crippen LogP contribution in [0.2, 0.25) is 0 Å². The average molecular weight is 460 g/mol. The van der Waals surface area contributed by atoms with Gasteiger partial charge in [-0.05, 0) is 31.5 Å². The molecule has 2 aromatic rings. The summed E-state index contributed by atoms with van der Waals surface area (Å²) in [6, 6.07) is 8.06. The number of rotatable bonds is 6. The summed E-state index contributed by atoms with van der Waals surface area (Å²) in [5, 5.41) is 6.48. The van der Waals surface area contributed by atoms with Gasteiger partial charge < -0.3 is 15.0 Å². The number of halogens is 1. The summed E-state index contributed by atoms with van der Waals surface area (Å²) in [5.41, 5.74) is 2.26. The van der Waals surface area contributed by atoms with Gasteiger partial charge in [-0.25, -0.2) is 4.98 Å². The van der Waals surface area contributed by atoms with E-state index in [9.17, 15) is 0 Å². The van der Waals surface area contributed by atoms with Crippen molar-refractivity contribution >= 4 is 41.3 Å². The van der Waals surface area contributed by atoms with Crippen molar-refractivity contribution in [3.05, 3.63) is 45.9 Å². The maximum Gasteiger partial charge on any atom is 0.193 e. The maximum atomic E-state index is 5.74. The Morgan fingerprint density at radius 2 is 2.17 bits per heavy atom. The van der Waals surface area contributed by atoms with E-state index in [1.165, 1.54) is 5.56 Å². The summed E-state index contributed by atoms with van der Waals surface area (Å²) < 4.78 is 5.74. The lowest BCUT2D eigenvalue weighted by atomic mass is 10.2. The Morgan fingerprint density at radius 3 is 2.79 bits per heavy atom. The first-order chi connectivity index (χ1) is 11.1. The number of benzene rings is 1. The van der Waals surface area contributed by atoms with E-state index in [-0.39, 0.29) is 24.0 Å². The van der Waals surface area contributed by atoms with Gasteiger partial charge in [0.25, 0.3) is 0 Å². The van der Waals surface area contributed by atoms with Crippen molar-refractivity contribution in [3.8, 4) is 5.75 Å². The van der Waals surface area contributed by atoms with Crippen LogP contribution < -0.4 is 10.1 Å². The van der Waals surface area contributed by atoms with Crippen molar-refractivity contribution in [2.45, 2.75) is 20.4 Å². The first-order valence-electron chi connectivity index (χ1n) is 7.60. The zero-order valence-electron chi connectivity index (χ0n) is 14.6. The Morgan fingerprint density at radius 1 is 1.38 bits per heavy atom. The lowest BCUT2D eigenvalue weighted by molar-refractivity contribution is 0.319. The fourth-order valence-electron chi connectivity index (χ4n) is 2.22. The van der Waals surface area contributed by atoms with Gasteiger partial charge in [0.15, 0.2) is 5.96 Å². The van der Waals surface area contributed by atoms with Crippen LogP contribution in [-0.4, -0.2) is 43.1 Å². The highest BCUT2D eigenvalue weighted by atomic mass is 127. The van der Waals surface area contributed by atoms with E-state index >= 15 is 0 Å². The molecule has 24 heavy (non-hydrogen) atoms. The minimum absolute atomic E-state index is 0. The molecule has 0 amide bonds. The standard InChI is InChI=1S/C17H24N4OS.HI/c1-13-6-5-7-16(10-13)22-9-8-19-17(18-3)21(4)11-15-12-23-14(2)20-15;/h5-7,10,12H,8-9,11H2,1-4H3,(H,18,19);1H. The van der Waals surface area contributed by atoms with E-state index in [2.05, 4.69) is 38.6 Å². The van der Waals surface area contributed by atoms with Crippen LogP contribution in [0, 0.1) is 13.8 Å². The van der Waals surface area contributed by atoms with Crippen LogP contribution in [-0.2, 0) is 6.54 Å². The van der Waals surface area contributed by atoms with E-state index < -0.39 is 0 Å². The van der Waals surface area contributed by atoms with Gasteiger partial charge in [-0.2, -0.15) is 0 Å². The molecule has 1 heterocycles. The van der Waals surface area contributed by atoms with Gasteiger partial charge in [0.05, 0.1) is 23.8 Å². The maximum absolute atomic E-state index is 5.74. The zero-order valence-corrected chi connectivity index (χ0v) is 17.7. The van der Waals surface area contributed by atoms with Crippen molar-refractivity contribution < 1.29 is 4.74 Å². The molecule has 1 aromatic heterocycles. The number of hydrogen-bond acceptors (Lipinski definition) is 4.